The molecule has 4 aromatic rings. The molecule has 15 heteroatoms. The maximum Gasteiger partial charge on any atom is 0.416 e. The average molecular weight is 515 g/mol. The summed E-state index contributed by atoms with van der Waals surface area (Å²) in [6, 6.07) is 5.39. The summed E-state index contributed by atoms with van der Waals surface area (Å²) in [6.07, 6.45) is 0.175. The molecule has 0 saturated carbocycles. The molecule has 0 atom stereocenters. The van der Waals surface area contributed by atoms with E-state index >= 15 is 0 Å². The number of hydrogen-bond donors (Lipinski definition) is 1. The number of pyridine rings is 1. The minimum atomic E-state index is -4.58. The number of nitrogens with one attached hydrogen (secondary N) is 1. The highest BCUT2D eigenvalue weighted by Gasteiger charge is 2.31. The van der Waals surface area contributed by atoms with E-state index in [4.69, 9.17) is 16.3 Å². The standard InChI is InChI=1S/C18H10ClF3N6O3S2/c19-14-6-12(33(29,30)28-17-24-9-27-32-17)8-23-16(14)31-15-2-1-11(18(20,21)22)5-13(15)10-3-4-25-26-7-10/h1-9H,(H,24,27,28). The average Bonchev–Trinajstić information content (AvgIpc) is 3.27. The lowest BCUT2D eigenvalue weighted by molar-refractivity contribution is -0.137. The van der Waals surface area contributed by atoms with E-state index in [2.05, 4.69) is 29.3 Å². The Morgan fingerprint density at radius 2 is 1.88 bits per heavy atom. The third-order valence-electron chi connectivity index (χ3n) is 4.08. The third-order valence-corrected chi connectivity index (χ3v) is 6.37. The number of sulfonamides is 1. The van der Waals surface area contributed by atoms with Gasteiger partial charge in [0.25, 0.3) is 10.0 Å². The highest BCUT2D eigenvalue weighted by molar-refractivity contribution is 7.93. The van der Waals surface area contributed by atoms with Gasteiger partial charge in [-0.05, 0) is 30.3 Å². The zero-order valence-electron chi connectivity index (χ0n) is 16.0. The van der Waals surface area contributed by atoms with Crippen molar-refractivity contribution in [3.8, 4) is 22.8 Å². The van der Waals surface area contributed by atoms with E-state index in [9.17, 15) is 21.6 Å². The molecule has 9 nitrogen and oxygen atoms in total. The summed E-state index contributed by atoms with van der Waals surface area (Å²) < 4.78 is 76.2. The van der Waals surface area contributed by atoms with E-state index in [1.165, 1.54) is 24.8 Å². The molecule has 170 valence electrons. The number of alkyl halides is 3. The van der Waals surface area contributed by atoms with Crippen LogP contribution >= 0.6 is 23.1 Å². The molecule has 33 heavy (non-hydrogen) atoms. The molecule has 1 aromatic carbocycles. The predicted molar refractivity (Wildman–Crippen MR) is 113 cm³/mol. The second-order valence-electron chi connectivity index (χ2n) is 6.25. The smallest absolute Gasteiger partial charge is 0.416 e. The Bertz CT molecular complexity index is 1390. The topological polar surface area (TPSA) is 120 Å². The van der Waals surface area contributed by atoms with Gasteiger partial charge in [0.15, 0.2) is 0 Å². The summed E-state index contributed by atoms with van der Waals surface area (Å²) in [4.78, 5) is 7.38. The van der Waals surface area contributed by atoms with Crippen LogP contribution in [0.1, 0.15) is 5.56 Å². The van der Waals surface area contributed by atoms with E-state index in [0.29, 0.717) is 5.56 Å². The fraction of sp³-hybridized carbons (Fsp3) is 0.0556. The molecule has 0 unspecified atom stereocenters. The number of anilines is 1. The highest BCUT2D eigenvalue weighted by Crippen LogP contribution is 2.39. The summed E-state index contributed by atoms with van der Waals surface area (Å²) in [6.45, 7) is 0. The predicted octanol–water partition coefficient (Wildman–Crippen LogP) is 4.66. The summed E-state index contributed by atoms with van der Waals surface area (Å²) in [5.74, 6) is -0.220. The largest absolute Gasteiger partial charge is 0.437 e. The minimum Gasteiger partial charge on any atom is -0.437 e. The van der Waals surface area contributed by atoms with E-state index in [-0.39, 0.29) is 32.2 Å². The zero-order chi connectivity index (χ0) is 23.6. The maximum absolute atomic E-state index is 13.2. The summed E-state index contributed by atoms with van der Waals surface area (Å²) in [7, 11) is -4.05. The lowest BCUT2D eigenvalue weighted by Crippen LogP contribution is -2.13. The van der Waals surface area contributed by atoms with Crippen LogP contribution in [0.5, 0.6) is 11.6 Å². The lowest BCUT2D eigenvalue weighted by Gasteiger charge is -2.15. The molecule has 0 fully saturated rings. The number of nitrogens with zero attached hydrogens (tertiary/aromatic N) is 5. The lowest BCUT2D eigenvalue weighted by atomic mass is 10.0. The van der Waals surface area contributed by atoms with Gasteiger partial charge in [0.2, 0.25) is 11.0 Å². The summed E-state index contributed by atoms with van der Waals surface area (Å²) in [5, 5.41) is 7.15. The first-order valence-corrected chi connectivity index (χ1v) is 11.4. The van der Waals surface area contributed by atoms with Gasteiger partial charge in [-0.15, -0.1) is 0 Å². The number of aromatic nitrogens is 5. The molecular formula is C18H10ClF3N6O3S2. The Hall–Kier alpha value is -3.36. The quantitative estimate of drug-likeness (QED) is 0.394. The molecule has 0 aliphatic heterocycles. The third kappa shape index (κ3) is 5.18. The first-order valence-electron chi connectivity index (χ1n) is 8.75. The van der Waals surface area contributed by atoms with Gasteiger partial charge in [-0.3, -0.25) is 4.72 Å². The molecular weight excluding hydrogens is 505 g/mol. The number of benzene rings is 1. The molecule has 1 N–H and O–H groups in total. The molecule has 0 amide bonds. The van der Waals surface area contributed by atoms with Crippen LogP contribution in [-0.2, 0) is 16.2 Å². The van der Waals surface area contributed by atoms with Crippen molar-refractivity contribution in [2.75, 3.05) is 4.72 Å². The molecule has 0 spiro atoms. The fourth-order valence-corrected chi connectivity index (χ4v) is 4.50. The molecule has 0 bridgehead atoms. The van der Waals surface area contributed by atoms with E-state index in [0.717, 1.165) is 42.0 Å². The Morgan fingerprint density at radius 3 is 2.52 bits per heavy atom. The fourth-order valence-electron chi connectivity index (χ4n) is 2.60. The van der Waals surface area contributed by atoms with Crippen molar-refractivity contribution in [1.82, 2.24) is 24.5 Å². The number of ether oxygens (including phenoxy) is 1. The first-order chi connectivity index (χ1) is 15.6. The van der Waals surface area contributed by atoms with Crippen molar-refractivity contribution in [1.29, 1.82) is 0 Å². The van der Waals surface area contributed by atoms with Crippen molar-refractivity contribution in [2.24, 2.45) is 0 Å². The van der Waals surface area contributed by atoms with Crippen LogP contribution in [0.3, 0.4) is 0 Å². The molecule has 0 aliphatic carbocycles. The van der Waals surface area contributed by atoms with Gasteiger partial charge >= 0.3 is 6.18 Å². The molecule has 3 aromatic heterocycles. The Kier molecular flexibility index (Phi) is 6.14. The van der Waals surface area contributed by atoms with Gasteiger partial charge in [0.05, 0.1) is 24.2 Å². The van der Waals surface area contributed by atoms with Crippen molar-refractivity contribution in [2.45, 2.75) is 11.1 Å². The molecule has 3 heterocycles. The number of hydrogen-bond acceptors (Lipinski definition) is 9. The number of halogens is 4. The van der Waals surface area contributed by atoms with Crippen LogP contribution in [0.25, 0.3) is 11.1 Å². The van der Waals surface area contributed by atoms with Gasteiger partial charge in [0, 0.05) is 22.7 Å². The van der Waals surface area contributed by atoms with Crippen molar-refractivity contribution in [3.05, 3.63) is 65.8 Å². The van der Waals surface area contributed by atoms with E-state index < -0.39 is 21.8 Å². The monoisotopic (exact) mass is 514 g/mol. The van der Waals surface area contributed by atoms with Crippen LogP contribution in [0.4, 0.5) is 18.3 Å². The van der Waals surface area contributed by atoms with Crippen LogP contribution in [0.15, 0.2) is 60.1 Å². The molecule has 4 rings (SSSR count). The maximum atomic E-state index is 13.2. The Morgan fingerprint density at radius 1 is 1.06 bits per heavy atom. The first kappa shape index (κ1) is 22.8. The second-order valence-corrected chi connectivity index (χ2v) is 9.12. The van der Waals surface area contributed by atoms with Gasteiger partial charge < -0.3 is 4.74 Å². The Balaban J connectivity index is 1.68. The van der Waals surface area contributed by atoms with E-state index in [1.54, 1.807) is 0 Å². The van der Waals surface area contributed by atoms with Crippen LogP contribution < -0.4 is 9.46 Å². The van der Waals surface area contributed by atoms with Crippen molar-refractivity contribution in [3.63, 3.8) is 0 Å². The highest BCUT2D eigenvalue weighted by atomic mass is 35.5. The molecule has 0 radical (unpaired) electrons. The second kappa shape index (κ2) is 8.88. The van der Waals surface area contributed by atoms with E-state index in [1.807, 2.05) is 0 Å². The van der Waals surface area contributed by atoms with Gasteiger partial charge in [-0.1, -0.05) is 11.6 Å². The molecule has 0 saturated heterocycles. The van der Waals surface area contributed by atoms with Crippen LogP contribution in [-0.4, -0.2) is 33.0 Å². The van der Waals surface area contributed by atoms with Gasteiger partial charge in [-0.25, -0.2) is 18.4 Å². The van der Waals surface area contributed by atoms with Crippen LogP contribution in [0, 0.1) is 0 Å². The normalized spacial score (nSPS) is 11.9. The van der Waals surface area contributed by atoms with Crippen molar-refractivity contribution >= 4 is 38.3 Å². The van der Waals surface area contributed by atoms with Gasteiger partial charge in [-0.2, -0.15) is 27.7 Å². The zero-order valence-corrected chi connectivity index (χ0v) is 18.4. The Labute approximate surface area is 193 Å². The van der Waals surface area contributed by atoms with Crippen LogP contribution in [0.2, 0.25) is 5.02 Å². The summed E-state index contributed by atoms with van der Waals surface area (Å²) in [5.41, 5.74) is -0.528. The summed E-state index contributed by atoms with van der Waals surface area (Å²) >= 11 is 7.00. The number of rotatable bonds is 6. The van der Waals surface area contributed by atoms with Crippen molar-refractivity contribution < 1.29 is 26.3 Å². The SMILES string of the molecule is O=S(=O)(Nc1ncns1)c1cnc(Oc2ccc(C(F)(F)F)cc2-c2ccnnc2)c(Cl)c1. The molecule has 0 aliphatic rings. The van der Waals surface area contributed by atoms with Gasteiger partial charge in [0.1, 0.15) is 22.0 Å². The minimum absolute atomic E-state index is 0.00649.